The number of benzene rings is 4. The molecule has 0 atom stereocenters. The molecule has 4 rings (SSSR count). The lowest BCUT2D eigenvalue weighted by molar-refractivity contribution is 1.09. The summed E-state index contributed by atoms with van der Waals surface area (Å²) >= 11 is 0. The molecule has 0 aliphatic heterocycles. The number of nitrogens with zero attached hydrogens (tertiary/aromatic N) is 2. The average Bonchev–Trinajstić information content (AvgIpc) is 2.81. The van der Waals surface area contributed by atoms with Gasteiger partial charge in [0.15, 0.2) is 0 Å². The van der Waals surface area contributed by atoms with Crippen molar-refractivity contribution in [2.45, 2.75) is 0 Å². The Morgan fingerprint density at radius 2 is 0.897 bits per heavy atom. The van der Waals surface area contributed by atoms with E-state index in [0.717, 1.165) is 28.1 Å². The number of rotatable bonds is 6. The van der Waals surface area contributed by atoms with Crippen LogP contribution < -0.4 is 5.01 Å². The summed E-state index contributed by atoms with van der Waals surface area (Å²) in [6, 6.07) is 41.2. The van der Waals surface area contributed by atoms with Crippen LogP contribution in [0.5, 0.6) is 0 Å². The van der Waals surface area contributed by atoms with Crippen molar-refractivity contribution in [3.63, 3.8) is 0 Å². The summed E-state index contributed by atoms with van der Waals surface area (Å²) in [4.78, 5) is 0. The molecule has 29 heavy (non-hydrogen) atoms. The zero-order chi connectivity index (χ0) is 19.7. The second kappa shape index (κ2) is 9.34. The first-order valence-corrected chi connectivity index (χ1v) is 9.67. The molecule has 0 spiro atoms. The molecule has 2 heteroatoms. The smallest absolute Gasteiger partial charge is 0.0652 e. The van der Waals surface area contributed by atoms with E-state index in [2.05, 4.69) is 78.9 Å². The number of hydrogen-bond acceptors (Lipinski definition) is 2. The fourth-order valence-electron chi connectivity index (χ4n) is 3.19. The van der Waals surface area contributed by atoms with Gasteiger partial charge in [0.05, 0.1) is 11.4 Å². The average molecular weight is 374 g/mol. The molecule has 0 aromatic heterocycles. The van der Waals surface area contributed by atoms with Crippen molar-refractivity contribution in [3.05, 3.63) is 139 Å². The molecule has 0 amide bonds. The van der Waals surface area contributed by atoms with E-state index in [9.17, 15) is 0 Å². The lowest BCUT2D eigenvalue weighted by atomic mass is 9.98. The first kappa shape index (κ1) is 18.5. The van der Waals surface area contributed by atoms with E-state index < -0.39 is 0 Å². The molecular weight excluding hydrogens is 352 g/mol. The van der Waals surface area contributed by atoms with E-state index in [0.29, 0.717) is 0 Å². The maximum Gasteiger partial charge on any atom is 0.0652 e. The molecule has 2 nitrogen and oxygen atoms in total. The van der Waals surface area contributed by atoms with Gasteiger partial charge in [-0.15, -0.1) is 0 Å². The highest BCUT2D eigenvalue weighted by Gasteiger charge is 2.07. The Morgan fingerprint density at radius 1 is 0.517 bits per heavy atom. The van der Waals surface area contributed by atoms with E-state index >= 15 is 0 Å². The van der Waals surface area contributed by atoms with E-state index in [4.69, 9.17) is 5.10 Å². The number of para-hydroxylation sites is 2. The van der Waals surface area contributed by atoms with Gasteiger partial charge >= 0.3 is 0 Å². The molecule has 0 aliphatic rings. The molecule has 0 fully saturated rings. The monoisotopic (exact) mass is 374 g/mol. The minimum absolute atomic E-state index is 1.02. The number of anilines is 2. The van der Waals surface area contributed by atoms with Crippen molar-refractivity contribution in [2.24, 2.45) is 5.10 Å². The van der Waals surface area contributed by atoms with E-state index in [1.807, 2.05) is 59.8 Å². The molecule has 0 aliphatic carbocycles. The van der Waals surface area contributed by atoms with Crippen molar-refractivity contribution in [1.29, 1.82) is 0 Å². The zero-order valence-electron chi connectivity index (χ0n) is 16.1. The van der Waals surface area contributed by atoms with Gasteiger partial charge in [-0.1, -0.05) is 97.1 Å². The van der Waals surface area contributed by atoms with Crippen LogP contribution in [-0.2, 0) is 0 Å². The predicted octanol–water partition coefficient (Wildman–Crippen LogP) is 6.94. The molecule has 0 heterocycles. The standard InChI is InChI=1S/C27H22N2/c1-5-13-23(14-6-1)27(24-15-7-2-8-16-24)21-22-28-29(25-17-9-3-10-18-25)26-19-11-4-12-20-26/h1-22H/b28-22+. The van der Waals surface area contributed by atoms with Crippen molar-refractivity contribution < 1.29 is 0 Å². The summed E-state index contributed by atoms with van der Waals surface area (Å²) in [6.45, 7) is 0. The Labute approximate surface area is 172 Å². The van der Waals surface area contributed by atoms with Crippen LogP contribution in [-0.4, -0.2) is 6.21 Å². The third kappa shape index (κ3) is 4.69. The van der Waals surface area contributed by atoms with Gasteiger partial charge in [0.2, 0.25) is 0 Å². The normalized spacial score (nSPS) is 10.6. The molecular formula is C27H22N2. The quantitative estimate of drug-likeness (QED) is 0.263. The predicted molar refractivity (Wildman–Crippen MR) is 123 cm³/mol. The van der Waals surface area contributed by atoms with Crippen LogP contribution in [0.15, 0.2) is 133 Å². The van der Waals surface area contributed by atoms with Crippen LogP contribution in [0.25, 0.3) is 5.57 Å². The molecule has 0 N–H and O–H groups in total. The highest BCUT2D eigenvalue weighted by Crippen LogP contribution is 2.26. The number of hydrazone groups is 1. The Balaban J connectivity index is 1.72. The van der Waals surface area contributed by atoms with E-state index in [1.54, 1.807) is 0 Å². The Hall–Kier alpha value is -3.91. The molecule has 4 aromatic carbocycles. The van der Waals surface area contributed by atoms with E-state index in [1.165, 1.54) is 0 Å². The van der Waals surface area contributed by atoms with Crippen LogP contribution in [0.1, 0.15) is 11.1 Å². The van der Waals surface area contributed by atoms with Crippen LogP contribution in [0.2, 0.25) is 0 Å². The van der Waals surface area contributed by atoms with Crippen LogP contribution in [0, 0.1) is 0 Å². The minimum atomic E-state index is 1.02. The van der Waals surface area contributed by atoms with Crippen molar-refractivity contribution in [3.8, 4) is 0 Å². The molecule has 0 bridgehead atoms. The summed E-state index contributed by atoms with van der Waals surface area (Å²) in [6.07, 6.45) is 3.94. The van der Waals surface area contributed by atoms with Crippen molar-refractivity contribution >= 4 is 23.2 Å². The fraction of sp³-hybridized carbons (Fsp3) is 0. The minimum Gasteiger partial charge on any atom is -0.234 e. The zero-order valence-corrected chi connectivity index (χ0v) is 16.1. The third-order valence-electron chi connectivity index (χ3n) is 4.59. The van der Waals surface area contributed by atoms with Gasteiger partial charge in [-0.05, 0) is 47.0 Å². The van der Waals surface area contributed by atoms with Gasteiger partial charge in [0.25, 0.3) is 0 Å². The van der Waals surface area contributed by atoms with Crippen molar-refractivity contribution in [1.82, 2.24) is 0 Å². The molecule has 0 saturated carbocycles. The maximum atomic E-state index is 4.79. The van der Waals surface area contributed by atoms with Gasteiger partial charge in [-0.3, -0.25) is 0 Å². The topological polar surface area (TPSA) is 15.6 Å². The highest BCUT2D eigenvalue weighted by atomic mass is 15.5. The van der Waals surface area contributed by atoms with Gasteiger partial charge in [-0.2, -0.15) is 5.10 Å². The van der Waals surface area contributed by atoms with Crippen LogP contribution in [0.4, 0.5) is 11.4 Å². The Bertz CT molecular complexity index is 989. The number of allylic oxidation sites excluding steroid dienone is 1. The fourth-order valence-corrected chi connectivity index (χ4v) is 3.19. The Morgan fingerprint density at radius 3 is 1.31 bits per heavy atom. The number of hydrogen-bond donors (Lipinski definition) is 0. The van der Waals surface area contributed by atoms with Gasteiger partial charge in [0.1, 0.15) is 0 Å². The molecule has 0 radical (unpaired) electrons. The molecule has 0 unspecified atom stereocenters. The molecule has 0 saturated heterocycles. The van der Waals surface area contributed by atoms with Crippen LogP contribution in [0.3, 0.4) is 0 Å². The Kier molecular flexibility index (Phi) is 5.94. The first-order valence-electron chi connectivity index (χ1n) is 9.67. The van der Waals surface area contributed by atoms with Crippen LogP contribution >= 0.6 is 0 Å². The summed E-state index contributed by atoms with van der Waals surface area (Å²) < 4.78 is 0. The SMILES string of the molecule is C(/C=N/N(c1ccccc1)c1ccccc1)=C(c1ccccc1)c1ccccc1. The van der Waals surface area contributed by atoms with Crippen molar-refractivity contribution in [2.75, 3.05) is 5.01 Å². The maximum absolute atomic E-state index is 4.79. The summed E-state index contributed by atoms with van der Waals surface area (Å²) in [5.41, 5.74) is 5.50. The lowest BCUT2D eigenvalue weighted by Crippen LogP contribution is -2.08. The lowest BCUT2D eigenvalue weighted by Gasteiger charge is -2.19. The third-order valence-corrected chi connectivity index (χ3v) is 4.59. The first-order chi connectivity index (χ1) is 14.4. The highest BCUT2D eigenvalue weighted by molar-refractivity contribution is 5.92. The molecule has 140 valence electrons. The summed E-state index contributed by atoms with van der Waals surface area (Å²) in [5.74, 6) is 0. The van der Waals surface area contributed by atoms with Gasteiger partial charge < -0.3 is 0 Å². The molecule has 4 aromatic rings. The van der Waals surface area contributed by atoms with Gasteiger partial charge in [0, 0.05) is 6.21 Å². The second-order valence-corrected chi connectivity index (χ2v) is 6.56. The summed E-state index contributed by atoms with van der Waals surface area (Å²) in [7, 11) is 0. The van der Waals surface area contributed by atoms with E-state index in [-0.39, 0.29) is 0 Å². The van der Waals surface area contributed by atoms with Gasteiger partial charge in [-0.25, -0.2) is 5.01 Å². The summed E-state index contributed by atoms with van der Waals surface area (Å²) in [5, 5.41) is 6.74. The second-order valence-electron chi connectivity index (χ2n) is 6.56. The largest absolute Gasteiger partial charge is 0.234 e.